The van der Waals surface area contributed by atoms with Gasteiger partial charge in [-0.15, -0.1) is 0 Å². The first-order valence-corrected chi connectivity index (χ1v) is 9.04. The number of carbonyl (C=O) groups is 1. The second-order valence-corrected chi connectivity index (χ2v) is 8.71. The van der Waals surface area contributed by atoms with Gasteiger partial charge in [0.15, 0.2) is 5.78 Å². The van der Waals surface area contributed by atoms with Crippen molar-refractivity contribution < 1.29 is 15.1 Å². The van der Waals surface area contributed by atoms with Crippen LogP contribution in [0.1, 0.15) is 58.8 Å². The van der Waals surface area contributed by atoms with Gasteiger partial charge in [-0.3, -0.25) is 4.79 Å². The fraction of sp³-hybridized carbons (Fsp3) is 0.789. The Hall–Kier alpha value is -1.16. The van der Waals surface area contributed by atoms with Crippen LogP contribution < -0.4 is 0 Å². The van der Waals surface area contributed by atoms with Crippen LogP contribution >= 0.6 is 0 Å². The van der Waals surface area contributed by atoms with Gasteiger partial charge < -0.3 is 10.3 Å². The Balaban J connectivity index is 1.77. The van der Waals surface area contributed by atoms with E-state index in [1.165, 1.54) is 0 Å². The largest absolute Gasteiger partial charge is 0.411 e. The lowest BCUT2D eigenvalue weighted by Crippen LogP contribution is -2.53. The number of hydrogen-bond acceptors (Lipinski definition) is 4. The van der Waals surface area contributed by atoms with E-state index >= 15 is 0 Å². The van der Waals surface area contributed by atoms with Crippen LogP contribution in [0, 0.1) is 28.6 Å². The summed E-state index contributed by atoms with van der Waals surface area (Å²) in [5.74, 6) is 1.67. The van der Waals surface area contributed by atoms with Crippen LogP contribution in [0.25, 0.3) is 0 Å². The number of aliphatic hydroxyl groups excluding tert-OH is 1. The Kier molecular flexibility index (Phi) is 3.29. The number of ketones is 1. The van der Waals surface area contributed by atoms with Gasteiger partial charge in [-0.1, -0.05) is 19.0 Å². The Morgan fingerprint density at radius 2 is 1.96 bits per heavy atom. The Morgan fingerprint density at radius 3 is 2.70 bits per heavy atom. The van der Waals surface area contributed by atoms with E-state index in [0.29, 0.717) is 29.9 Å². The Labute approximate surface area is 137 Å². The quantitative estimate of drug-likeness (QED) is 0.532. The molecule has 0 aromatic carbocycles. The van der Waals surface area contributed by atoms with E-state index in [4.69, 9.17) is 0 Å². The topological polar surface area (TPSA) is 69.9 Å². The molecule has 0 unspecified atom stereocenters. The van der Waals surface area contributed by atoms with E-state index in [-0.39, 0.29) is 22.7 Å². The van der Waals surface area contributed by atoms with Gasteiger partial charge in [-0.25, -0.2) is 0 Å². The second kappa shape index (κ2) is 4.92. The fourth-order valence-corrected chi connectivity index (χ4v) is 6.48. The number of carbonyl (C=O) groups excluding carboxylic acids is 1. The number of oxime groups is 1. The van der Waals surface area contributed by atoms with E-state index in [9.17, 15) is 15.1 Å². The highest BCUT2D eigenvalue weighted by Crippen LogP contribution is 2.64. The van der Waals surface area contributed by atoms with Gasteiger partial charge in [0.25, 0.3) is 0 Å². The maximum atomic E-state index is 11.9. The number of hydrogen-bond donors (Lipinski definition) is 2. The van der Waals surface area contributed by atoms with Gasteiger partial charge in [0.1, 0.15) is 0 Å². The minimum atomic E-state index is -0.194. The molecule has 2 N–H and O–H groups in total. The SMILES string of the molecule is C[C@]12CC[C@H]3[C@@H](C/C(=N\O)C4=CC(=O)CC[C@@]43C)[C@@H]1CC[C@@H]2O. The highest BCUT2D eigenvalue weighted by molar-refractivity contribution is 6.08. The molecule has 0 amide bonds. The first kappa shape index (κ1) is 15.4. The molecule has 0 aliphatic heterocycles. The highest BCUT2D eigenvalue weighted by Gasteiger charge is 2.60. The third kappa shape index (κ3) is 1.93. The maximum Gasteiger partial charge on any atom is 0.156 e. The number of rotatable bonds is 0. The maximum absolute atomic E-state index is 11.9. The van der Waals surface area contributed by atoms with Crippen molar-refractivity contribution in [3.05, 3.63) is 11.6 Å². The highest BCUT2D eigenvalue weighted by atomic mass is 16.4. The zero-order valence-corrected chi connectivity index (χ0v) is 14.1. The van der Waals surface area contributed by atoms with Gasteiger partial charge in [-0.05, 0) is 78.8 Å². The average molecular weight is 317 g/mol. The summed E-state index contributed by atoms with van der Waals surface area (Å²) in [7, 11) is 0. The molecule has 23 heavy (non-hydrogen) atoms. The van der Waals surface area contributed by atoms with Gasteiger partial charge in [0.05, 0.1) is 11.8 Å². The van der Waals surface area contributed by atoms with Crippen molar-refractivity contribution >= 4 is 11.5 Å². The van der Waals surface area contributed by atoms with Crippen molar-refractivity contribution in [2.24, 2.45) is 33.7 Å². The van der Waals surface area contributed by atoms with Crippen LogP contribution in [-0.4, -0.2) is 27.9 Å². The van der Waals surface area contributed by atoms with Crippen molar-refractivity contribution in [2.75, 3.05) is 0 Å². The lowest BCUT2D eigenvalue weighted by Gasteiger charge is -2.57. The molecule has 0 aromatic heterocycles. The first-order valence-electron chi connectivity index (χ1n) is 9.04. The van der Waals surface area contributed by atoms with Crippen molar-refractivity contribution in [2.45, 2.75) is 64.9 Å². The molecular weight excluding hydrogens is 290 g/mol. The van der Waals surface area contributed by atoms with Crippen LogP contribution in [0.15, 0.2) is 16.8 Å². The molecule has 0 radical (unpaired) electrons. The van der Waals surface area contributed by atoms with Crippen LogP contribution in [-0.2, 0) is 4.79 Å². The van der Waals surface area contributed by atoms with Gasteiger partial charge in [-0.2, -0.15) is 0 Å². The first-order chi connectivity index (χ1) is 10.9. The molecule has 4 rings (SSSR count). The molecule has 3 fully saturated rings. The third-order valence-electron chi connectivity index (χ3n) is 7.88. The number of nitrogens with zero attached hydrogens (tertiary/aromatic N) is 1. The zero-order chi connectivity index (χ0) is 16.4. The van der Waals surface area contributed by atoms with Crippen molar-refractivity contribution in [3.8, 4) is 0 Å². The summed E-state index contributed by atoms with van der Waals surface area (Å²) in [6.07, 6.45) is 7.92. The smallest absolute Gasteiger partial charge is 0.156 e. The van der Waals surface area contributed by atoms with Crippen LogP contribution in [0.4, 0.5) is 0 Å². The van der Waals surface area contributed by atoms with Crippen LogP contribution in [0.3, 0.4) is 0 Å². The average Bonchev–Trinajstić information content (AvgIpc) is 2.83. The molecule has 4 aliphatic carbocycles. The summed E-state index contributed by atoms with van der Waals surface area (Å²) in [5.41, 5.74) is 1.67. The standard InChI is InChI=1S/C19H27NO3/c1-18-7-5-11(21)9-15(18)16(20-23)10-12-13-3-4-17(22)19(13,2)8-6-14(12)18/h9,12-14,17,22-23H,3-8,10H2,1-2H3/b20-16+/t12-,13-,14-,17-,18+,19-/m0/s1. The molecule has 0 spiro atoms. The van der Waals surface area contributed by atoms with Crippen molar-refractivity contribution in [1.82, 2.24) is 0 Å². The van der Waals surface area contributed by atoms with Gasteiger partial charge in [0, 0.05) is 6.42 Å². The number of fused-ring (bicyclic) bond motifs is 5. The summed E-state index contributed by atoms with van der Waals surface area (Å²) in [4.78, 5) is 11.9. The molecule has 0 bridgehead atoms. The van der Waals surface area contributed by atoms with Crippen molar-refractivity contribution in [3.63, 3.8) is 0 Å². The number of allylic oxidation sites excluding steroid dienone is 1. The molecule has 0 saturated heterocycles. The fourth-order valence-electron chi connectivity index (χ4n) is 6.48. The lowest BCUT2D eigenvalue weighted by atomic mass is 9.47. The molecule has 6 atom stereocenters. The lowest BCUT2D eigenvalue weighted by molar-refractivity contribution is -0.117. The number of aliphatic hydroxyl groups is 1. The van der Waals surface area contributed by atoms with E-state index < -0.39 is 0 Å². The van der Waals surface area contributed by atoms with Crippen molar-refractivity contribution in [1.29, 1.82) is 0 Å². The molecule has 126 valence electrons. The van der Waals surface area contributed by atoms with Crippen LogP contribution in [0.2, 0.25) is 0 Å². The molecule has 3 saturated carbocycles. The summed E-state index contributed by atoms with van der Waals surface area (Å²) >= 11 is 0. The summed E-state index contributed by atoms with van der Waals surface area (Å²) in [6.45, 7) is 4.51. The molecular formula is C19H27NO3. The molecule has 4 nitrogen and oxygen atoms in total. The Morgan fingerprint density at radius 1 is 1.17 bits per heavy atom. The monoisotopic (exact) mass is 317 g/mol. The normalized spacial score (nSPS) is 51.0. The van der Waals surface area contributed by atoms with Crippen LogP contribution in [0.5, 0.6) is 0 Å². The minimum absolute atomic E-state index is 0.0177. The summed E-state index contributed by atoms with van der Waals surface area (Å²) in [5, 5.41) is 23.6. The molecule has 0 heterocycles. The van der Waals surface area contributed by atoms with E-state index in [0.717, 1.165) is 44.1 Å². The zero-order valence-electron chi connectivity index (χ0n) is 14.1. The second-order valence-electron chi connectivity index (χ2n) is 8.71. The predicted octanol–water partition coefficient (Wildman–Crippen LogP) is 3.32. The molecule has 4 aliphatic rings. The minimum Gasteiger partial charge on any atom is -0.411 e. The predicted molar refractivity (Wildman–Crippen MR) is 87.3 cm³/mol. The third-order valence-corrected chi connectivity index (χ3v) is 7.88. The van der Waals surface area contributed by atoms with E-state index in [1.807, 2.05) is 0 Å². The Bertz CT molecular complexity index is 610. The van der Waals surface area contributed by atoms with Gasteiger partial charge in [0.2, 0.25) is 0 Å². The molecule has 4 heteroatoms. The molecule has 0 aromatic rings. The van der Waals surface area contributed by atoms with Gasteiger partial charge >= 0.3 is 0 Å². The van der Waals surface area contributed by atoms with E-state index in [2.05, 4.69) is 19.0 Å². The summed E-state index contributed by atoms with van der Waals surface area (Å²) < 4.78 is 0. The van der Waals surface area contributed by atoms with E-state index in [1.54, 1.807) is 6.08 Å². The summed E-state index contributed by atoms with van der Waals surface area (Å²) in [6, 6.07) is 0.